The predicted octanol–water partition coefficient (Wildman–Crippen LogP) is -1.33. The number of amides is 1. The second-order valence-corrected chi connectivity index (χ2v) is 1.96. The van der Waals surface area contributed by atoms with Crippen LogP contribution in [0.5, 0.6) is 0 Å². The van der Waals surface area contributed by atoms with E-state index in [1.54, 1.807) is 6.07 Å². The lowest BCUT2D eigenvalue weighted by molar-refractivity contribution is -0.153. The van der Waals surface area contributed by atoms with E-state index in [-0.39, 0.29) is 0 Å². The third-order valence-corrected chi connectivity index (χ3v) is 0.942. The molecule has 0 rings (SSSR count). The number of carbonyl (C=O) groups is 3. The maximum atomic E-state index is 10.6. The second kappa shape index (κ2) is 4.08. The Hall–Kier alpha value is -1.90. The van der Waals surface area contributed by atoms with Gasteiger partial charge in [-0.2, -0.15) is 5.26 Å². The largest absolute Gasteiger partial charge is 0.475 e. The van der Waals surface area contributed by atoms with Gasteiger partial charge >= 0.3 is 17.7 Å². The lowest BCUT2D eigenvalue weighted by Gasteiger charge is -2.01. The van der Waals surface area contributed by atoms with E-state index in [0.29, 0.717) is 0 Å². The van der Waals surface area contributed by atoms with Crippen molar-refractivity contribution < 1.29 is 19.5 Å². The smallest absolute Gasteiger partial charge is 0.382 e. The highest BCUT2D eigenvalue weighted by Gasteiger charge is 2.22. The van der Waals surface area contributed by atoms with Crippen molar-refractivity contribution >= 4 is 17.7 Å². The summed E-state index contributed by atoms with van der Waals surface area (Å²) in [5.41, 5.74) is 0. The van der Waals surface area contributed by atoms with Crippen LogP contribution in [0.4, 0.5) is 0 Å². The van der Waals surface area contributed by atoms with Crippen molar-refractivity contribution in [2.45, 2.75) is 13.0 Å². The molecule has 0 aliphatic carbocycles. The van der Waals surface area contributed by atoms with E-state index in [9.17, 15) is 14.4 Å². The minimum absolute atomic E-state index is 0.874. The van der Waals surface area contributed by atoms with Gasteiger partial charge in [-0.25, -0.2) is 4.79 Å². The zero-order valence-electron chi connectivity index (χ0n) is 6.20. The van der Waals surface area contributed by atoms with Crippen LogP contribution >= 0.6 is 0 Å². The first-order valence-electron chi connectivity index (χ1n) is 2.96. The molecule has 0 heterocycles. The van der Waals surface area contributed by atoms with Gasteiger partial charge in [0.25, 0.3) is 0 Å². The molecule has 0 unspecified atom stereocenters. The molecule has 0 aromatic carbocycles. The molecular formula is C6H6N2O4. The zero-order valence-corrected chi connectivity index (χ0v) is 6.20. The Balaban J connectivity index is 4.17. The number of nitrogens with zero attached hydrogens (tertiary/aromatic N) is 1. The number of carboxylic acid groups (broad SMARTS) is 1. The van der Waals surface area contributed by atoms with Gasteiger partial charge in [-0.1, -0.05) is 0 Å². The Labute approximate surface area is 67.8 Å². The molecule has 1 atom stereocenters. The van der Waals surface area contributed by atoms with Crippen LogP contribution in [-0.2, 0) is 14.4 Å². The number of Topliss-reactive ketones (excluding diaryl/α,β-unsaturated/α-hetero) is 1. The molecule has 0 aliphatic rings. The van der Waals surface area contributed by atoms with Gasteiger partial charge in [-0.05, 0) is 6.92 Å². The summed E-state index contributed by atoms with van der Waals surface area (Å²) in [5.74, 6) is -4.69. The predicted molar refractivity (Wildman–Crippen MR) is 35.9 cm³/mol. The van der Waals surface area contributed by atoms with Crippen molar-refractivity contribution in [3.8, 4) is 6.07 Å². The molecule has 0 fully saturated rings. The molecule has 64 valence electrons. The molecule has 0 radical (unpaired) electrons. The van der Waals surface area contributed by atoms with Crippen molar-refractivity contribution in [3.05, 3.63) is 0 Å². The van der Waals surface area contributed by atoms with E-state index in [1.165, 1.54) is 6.92 Å². The summed E-state index contributed by atoms with van der Waals surface area (Å²) >= 11 is 0. The van der Waals surface area contributed by atoms with Crippen LogP contribution in [-0.4, -0.2) is 28.8 Å². The fraction of sp³-hybridized carbons (Fsp3) is 0.333. The standard InChI is InChI=1S/C6H6N2O4/c1-3(2-7)8-5(10)4(9)6(11)12/h3H,1H3,(H,8,10)(H,11,12)/t3-/m0/s1. The quantitative estimate of drug-likeness (QED) is 0.403. The number of ketones is 1. The molecule has 1 amide bonds. The fourth-order valence-corrected chi connectivity index (χ4v) is 0.392. The van der Waals surface area contributed by atoms with Gasteiger partial charge in [0.15, 0.2) is 0 Å². The molecular weight excluding hydrogens is 164 g/mol. The van der Waals surface area contributed by atoms with Gasteiger partial charge in [-0.15, -0.1) is 0 Å². The molecule has 2 N–H and O–H groups in total. The van der Waals surface area contributed by atoms with E-state index < -0.39 is 23.7 Å². The molecule has 0 bridgehead atoms. The Kier molecular flexibility index (Phi) is 3.43. The fourth-order valence-electron chi connectivity index (χ4n) is 0.392. The van der Waals surface area contributed by atoms with Crippen LogP contribution < -0.4 is 5.32 Å². The molecule has 0 aliphatic heterocycles. The molecule has 0 spiro atoms. The summed E-state index contributed by atoms with van der Waals surface area (Å²) < 4.78 is 0. The first-order chi connectivity index (χ1) is 5.49. The average molecular weight is 170 g/mol. The normalized spacial score (nSPS) is 11.0. The lowest BCUT2D eigenvalue weighted by atomic mass is 10.3. The summed E-state index contributed by atoms with van der Waals surface area (Å²) in [4.78, 5) is 30.9. The summed E-state index contributed by atoms with van der Waals surface area (Å²) in [7, 11) is 0. The highest BCUT2D eigenvalue weighted by atomic mass is 16.4. The molecule has 0 aromatic heterocycles. The van der Waals surface area contributed by atoms with Gasteiger partial charge in [-0.3, -0.25) is 9.59 Å². The second-order valence-electron chi connectivity index (χ2n) is 1.96. The van der Waals surface area contributed by atoms with Gasteiger partial charge in [0.05, 0.1) is 6.07 Å². The maximum absolute atomic E-state index is 10.6. The molecule has 0 aromatic rings. The SMILES string of the molecule is C[C@@H](C#N)NC(=O)C(=O)C(=O)O. The summed E-state index contributed by atoms with van der Waals surface area (Å²) in [6.07, 6.45) is 0. The molecule has 6 nitrogen and oxygen atoms in total. The molecule has 6 heteroatoms. The summed E-state index contributed by atoms with van der Waals surface area (Å²) in [6, 6.07) is 0.738. The number of nitrogens with one attached hydrogen (secondary N) is 1. The van der Waals surface area contributed by atoms with Crippen LogP contribution in [0, 0.1) is 11.3 Å². The van der Waals surface area contributed by atoms with Crippen molar-refractivity contribution in [1.29, 1.82) is 5.26 Å². The van der Waals surface area contributed by atoms with Crippen molar-refractivity contribution in [1.82, 2.24) is 5.32 Å². The van der Waals surface area contributed by atoms with Crippen LogP contribution in [0.2, 0.25) is 0 Å². The third-order valence-electron chi connectivity index (χ3n) is 0.942. The summed E-state index contributed by atoms with van der Waals surface area (Å²) in [6.45, 7) is 1.33. The molecule has 12 heavy (non-hydrogen) atoms. The minimum Gasteiger partial charge on any atom is -0.475 e. The van der Waals surface area contributed by atoms with Gasteiger partial charge in [0.1, 0.15) is 6.04 Å². The number of aliphatic carboxylic acids is 1. The number of hydrogen-bond donors (Lipinski definition) is 2. The topological polar surface area (TPSA) is 107 Å². The molecule has 0 saturated carbocycles. The van der Waals surface area contributed by atoms with Crippen molar-refractivity contribution in [3.63, 3.8) is 0 Å². The molecule has 0 saturated heterocycles. The first kappa shape index (κ1) is 10.1. The number of rotatable bonds is 3. The van der Waals surface area contributed by atoms with E-state index >= 15 is 0 Å². The van der Waals surface area contributed by atoms with Crippen LogP contribution in [0.25, 0.3) is 0 Å². The van der Waals surface area contributed by atoms with E-state index in [0.717, 1.165) is 0 Å². The minimum atomic E-state index is -1.84. The lowest BCUT2D eigenvalue weighted by Crippen LogP contribution is -2.39. The van der Waals surface area contributed by atoms with Crippen LogP contribution in [0.15, 0.2) is 0 Å². The highest BCUT2D eigenvalue weighted by molar-refractivity contribution is 6.61. The number of hydrogen-bond acceptors (Lipinski definition) is 4. The zero-order chi connectivity index (χ0) is 9.72. The monoisotopic (exact) mass is 170 g/mol. The average Bonchev–Trinajstić information content (AvgIpc) is 2.02. The Morgan fingerprint density at radius 3 is 2.33 bits per heavy atom. The highest BCUT2D eigenvalue weighted by Crippen LogP contribution is 1.79. The van der Waals surface area contributed by atoms with Crippen LogP contribution in [0.3, 0.4) is 0 Å². The van der Waals surface area contributed by atoms with Gasteiger partial charge in [0.2, 0.25) is 0 Å². The Morgan fingerprint density at radius 2 is 2.00 bits per heavy atom. The Bertz CT molecular complexity index is 265. The van der Waals surface area contributed by atoms with Crippen LogP contribution in [0.1, 0.15) is 6.92 Å². The Morgan fingerprint density at radius 1 is 1.50 bits per heavy atom. The van der Waals surface area contributed by atoms with Gasteiger partial charge in [0, 0.05) is 0 Å². The van der Waals surface area contributed by atoms with Crippen molar-refractivity contribution in [2.24, 2.45) is 0 Å². The van der Waals surface area contributed by atoms with Gasteiger partial charge < -0.3 is 10.4 Å². The number of nitriles is 1. The maximum Gasteiger partial charge on any atom is 0.382 e. The number of carboxylic acids is 1. The number of carbonyl (C=O) groups excluding carboxylic acids is 2. The van der Waals surface area contributed by atoms with E-state index in [1.807, 2.05) is 5.32 Å². The van der Waals surface area contributed by atoms with E-state index in [4.69, 9.17) is 10.4 Å². The third kappa shape index (κ3) is 2.79. The first-order valence-corrected chi connectivity index (χ1v) is 2.96. The van der Waals surface area contributed by atoms with Crippen molar-refractivity contribution in [2.75, 3.05) is 0 Å². The summed E-state index contributed by atoms with van der Waals surface area (Å²) in [5, 5.41) is 18.1. The van der Waals surface area contributed by atoms with E-state index in [2.05, 4.69) is 0 Å².